The van der Waals surface area contributed by atoms with E-state index in [2.05, 4.69) is 10.1 Å². The van der Waals surface area contributed by atoms with Crippen LogP contribution in [0.3, 0.4) is 0 Å². The molecular formula is C15H22N6O2S. The van der Waals surface area contributed by atoms with Crippen LogP contribution in [0.2, 0.25) is 0 Å². The van der Waals surface area contributed by atoms with Crippen LogP contribution in [0.15, 0.2) is 24.7 Å². The Hall–Kier alpha value is -1.84. The second kappa shape index (κ2) is 6.58. The second-order valence-electron chi connectivity index (χ2n) is 6.16. The summed E-state index contributed by atoms with van der Waals surface area (Å²) < 4.78 is 29.3. The molecule has 0 amide bonds. The number of aryl methyl sites for hydroxylation is 1. The van der Waals surface area contributed by atoms with Gasteiger partial charge in [0.05, 0.1) is 17.6 Å². The van der Waals surface area contributed by atoms with Crippen molar-refractivity contribution in [2.45, 2.75) is 18.8 Å². The number of rotatable bonds is 4. The van der Waals surface area contributed by atoms with E-state index < -0.39 is 10.2 Å². The van der Waals surface area contributed by atoms with Gasteiger partial charge in [-0.15, -0.1) is 0 Å². The highest BCUT2D eigenvalue weighted by Crippen LogP contribution is 2.28. The molecule has 0 N–H and O–H groups in total. The normalized spacial score (nSPS) is 19.8. The maximum Gasteiger partial charge on any atom is 0.281 e. The van der Waals surface area contributed by atoms with Crippen molar-refractivity contribution in [1.82, 2.24) is 28.4 Å². The molecule has 0 bridgehead atoms. The van der Waals surface area contributed by atoms with E-state index in [1.165, 1.54) is 8.61 Å². The highest BCUT2D eigenvalue weighted by Gasteiger charge is 2.31. The summed E-state index contributed by atoms with van der Waals surface area (Å²) in [6.07, 6.45) is 6.88. The van der Waals surface area contributed by atoms with Gasteiger partial charge in [0.15, 0.2) is 0 Å². The standard InChI is InChI=1S/C15H22N6O2S/c1-19(2)24(22,23)21-8-4-5-12(11-21)13-9-16-10-14(18-13)15-6-7-17-20(15)3/h6-7,9-10,12H,4-5,8,11H2,1-3H3/t12-/m0/s1. The van der Waals surface area contributed by atoms with Gasteiger partial charge < -0.3 is 0 Å². The molecule has 1 aliphatic heterocycles. The van der Waals surface area contributed by atoms with E-state index >= 15 is 0 Å². The minimum Gasteiger partial charge on any atom is -0.266 e. The van der Waals surface area contributed by atoms with Gasteiger partial charge >= 0.3 is 0 Å². The molecule has 9 heteroatoms. The van der Waals surface area contributed by atoms with E-state index in [0.717, 1.165) is 29.9 Å². The lowest BCUT2D eigenvalue weighted by Crippen LogP contribution is -2.45. The molecule has 130 valence electrons. The fourth-order valence-electron chi connectivity index (χ4n) is 2.95. The van der Waals surface area contributed by atoms with Gasteiger partial charge in [0.1, 0.15) is 5.69 Å². The van der Waals surface area contributed by atoms with E-state index in [9.17, 15) is 8.42 Å². The molecule has 1 saturated heterocycles. The summed E-state index contributed by atoms with van der Waals surface area (Å²) in [4.78, 5) is 9.00. The molecule has 2 aromatic rings. The zero-order valence-electron chi connectivity index (χ0n) is 14.1. The topological polar surface area (TPSA) is 84.2 Å². The van der Waals surface area contributed by atoms with Crippen LogP contribution in [0.4, 0.5) is 0 Å². The largest absolute Gasteiger partial charge is 0.281 e. The molecule has 3 heterocycles. The first-order chi connectivity index (χ1) is 11.4. The lowest BCUT2D eigenvalue weighted by Gasteiger charge is -2.33. The van der Waals surface area contributed by atoms with Crippen LogP contribution in [0.1, 0.15) is 24.5 Å². The molecule has 0 unspecified atom stereocenters. The second-order valence-corrected chi connectivity index (χ2v) is 8.30. The minimum absolute atomic E-state index is 0.0501. The first-order valence-corrected chi connectivity index (χ1v) is 9.27. The van der Waals surface area contributed by atoms with Crippen LogP contribution < -0.4 is 0 Å². The van der Waals surface area contributed by atoms with Gasteiger partial charge in [0, 0.05) is 52.5 Å². The summed E-state index contributed by atoms with van der Waals surface area (Å²) in [5.41, 5.74) is 2.46. The van der Waals surface area contributed by atoms with E-state index in [1.807, 2.05) is 13.1 Å². The van der Waals surface area contributed by atoms with E-state index in [1.54, 1.807) is 37.4 Å². The fourth-order valence-corrected chi connectivity index (χ4v) is 4.14. The molecule has 0 aliphatic carbocycles. The van der Waals surface area contributed by atoms with Crippen molar-refractivity contribution in [1.29, 1.82) is 0 Å². The Labute approximate surface area is 142 Å². The van der Waals surface area contributed by atoms with Gasteiger partial charge in [0.25, 0.3) is 10.2 Å². The molecule has 24 heavy (non-hydrogen) atoms. The van der Waals surface area contributed by atoms with Gasteiger partial charge in [-0.05, 0) is 18.9 Å². The Bertz CT molecular complexity index is 817. The smallest absolute Gasteiger partial charge is 0.266 e. The monoisotopic (exact) mass is 350 g/mol. The number of piperidine rings is 1. The summed E-state index contributed by atoms with van der Waals surface area (Å²) in [6.45, 7) is 0.982. The number of hydrogen-bond donors (Lipinski definition) is 0. The first kappa shape index (κ1) is 17.0. The third-order valence-electron chi connectivity index (χ3n) is 4.33. The van der Waals surface area contributed by atoms with Crippen molar-refractivity contribution in [3.05, 3.63) is 30.4 Å². The van der Waals surface area contributed by atoms with Crippen molar-refractivity contribution >= 4 is 10.2 Å². The highest BCUT2D eigenvalue weighted by molar-refractivity contribution is 7.86. The van der Waals surface area contributed by atoms with Crippen molar-refractivity contribution in [2.24, 2.45) is 7.05 Å². The maximum absolute atomic E-state index is 12.4. The summed E-state index contributed by atoms with van der Waals surface area (Å²) in [5.74, 6) is 0.0501. The van der Waals surface area contributed by atoms with Crippen molar-refractivity contribution in [2.75, 3.05) is 27.2 Å². The predicted molar refractivity (Wildman–Crippen MR) is 90.4 cm³/mol. The minimum atomic E-state index is -3.40. The van der Waals surface area contributed by atoms with Gasteiger partial charge in [-0.1, -0.05) is 0 Å². The van der Waals surface area contributed by atoms with Crippen LogP contribution in [0.25, 0.3) is 11.4 Å². The molecule has 0 radical (unpaired) electrons. The first-order valence-electron chi connectivity index (χ1n) is 7.87. The quantitative estimate of drug-likeness (QED) is 0.817. The molecule has 1 aliphatic rings. The number of nitrogens with zero attached hydrogens (tertiary/aromatic N) is 6. The van der Waals surface area contributed by atoms with Gasteiger partial charge in [-0.25, -0.2) is 4.98 Å². The lowest BCUT2D eigenvalue weighted by atomic mass is 9.96. The SMILES string of the molecule is CN(C)S(=O)(=O)N1CCC[C@H](c2cncc(-c3ccnn3C)n2)C1. The van der Waals surface area contributed by atoms with Crippen LogP contribution in [-0.4, -0.2) is 64.0 Å². The van der Waals surface area contributed by atoms with Crippen LogP contribution in [0.5, 0.6) is 0 Å². The summed E-state index contributed by atoms with van der Waals surface area (Å²) in [7, 11) is 1.57. The van der Waals surface area contributed by atoms with E-state index in [-0.39, 0.29) is 5.92 Å². The Morgan fingerprint density at radius 2 is 2.08 bits per heavy atom. The fraction of sp³-hybridized carbons (Fsp3) is 0.533. The molecule has 3 rings (SSSR count). The zero-order chi connectivity index (χ0) is 17.3. The Kier molecular flexibility index (Phi) is 4.66. The van der Waals surface area contributed by atoms with Crippen molar-refractivity contribution in [3.63, 3.8) is 0 Å². The Morgan fingerprint density at radius 3 is 2.75 bits per heavy atom. The molecule has 0 aromatic carbocycles. The predicted octanol–water partition coefficient (Wildman–Crippen LogP) is 0.863. The van der Waals surface area contributed by atoms with E-state index in [4.69, 9.17) is 4.98 Å². The summed E-state index contributed by atoms with van der Waals surface area (Å²) in [6, 6.07) is 1.89. The summed E-state index contributed by atoms with van der Waals surface area (Å²) >= 11 is 0. The van der Waals surface area contributed by atoms with Crippen LogP contribution >= 0.6 is 0 Å². The maximum atomic E-state index is 12.4. The number of aromatic nitrogens is 4. The van der Waals surface area contributed by atoms with Gasteiger partial charge in [0.2, 0.25) is 0 Å². The Balaban J connectivity index is 1.86. The average molecular weight is 350 g/mol. The van der Waals surface area contributed by atoms with Gasteiger partial charge in [-0.2, -0.15) is 22.1 Å². The third kappa shape index (κ3) is 3.19. The van der Waals surface area contributed by atoms with Crippen molar-refractivity contribution < 1.29 is 8.42 Å². The highest BCUT2D eigenvalue weighted by atomic mass is 32.2. The summed E-state index contributed by atoms with van der Waals surface area (Å²) in [5, 5.41) is 4.15. The zero-order valence-corrected chi connectivity index (χ0v) is 14.9. The number of hydrogen-bond acceptors (Lipinski definition) is 5. The average Bonchev–Trinajstić information content (AvgIpc) is 3.01. The van der Waals surface area contributed by atoms with Crippen LogP contribution in [0, 0.1) is 0 Å². The van der Waals surface area contributed by atoms with Crippen molar-refractivity contribution in [3.8, 4) is 11.4 Å². The molecule has 0 spiro atoms. The third-order valence-corrected chi connectivity index (χ3v) is 6.23. The molecule has 1 fully saturated rings. The molecule has 8 nitrogen and oxygen atoms in total. The molecule has 0 saturated carbocycles. The van der Waals surface area contributed by atoms with E-state index in [0.29, 0.717) is 13.1 Å². The molecule has 1 atom stereocenters. The molecular weight excluding hydrogens is 328 g/mol. The van der Waals surface area contributed by atoms with Crippen LogP contribution in [-0.2, 0) is 17.3 Å². The molecule has 2 aromatic heterocycles. The lowest BCUT2D eigenvalue weighted by molar-refractivity contribution is 0.296. The van der Waals surface area contributed by atoms with Gasteiger partial charge in [-0.3, -0.25) is 9.67 Å². The Morgan fingerprint density at radius 1 is 1.29 bits per heavy atom.